The van der Waals surface area contributed by atoms with Crippen molar-refractivity contribution in [3.05, 3.63) is 48.5 Å². The number of pyridine rings is 2. The molecule has 0 atom stereocenters. The summed E-state index contributed by atoms with van der Waals surface area (Å²) in [6.07, 6.45) is 7.07. The second-order valence-electron chi connectivity index (χ2n) is 6.99. The first kappa shape index (κ1) is 24.6. The summed E-state index contributed by atoms with van der Waals surface area (Å²) < 4.78 is 26.5. The minimum absolute atomic E-state index is 0.0312. The number of nitrogens with zero attached hydrogens (tertiary/aromatic N) is 4. The van der Waals surface area contributed by atoms with Gasteiger partial charge >= 0.3 is 7.12 Å². The van der Waals surface area contributed by atoms with E-state index in [0.717, 1.165) is 11.7 Å². The van der Waals surface area contributed by atoms with Gasteiger partial charge in [0.05, 0.1) is 11.9 Å². The second kappa shape index (κ2) is 11.1. The Morgan fingerprint density at radius 3 is 2.39 bits per heavy atom. The molecule has 0 aliphatic carbocycles. The summed E-state index contributed by atoms with van der Waals surface area (Å²) in [6.45, 7) is 5.07. The number of hydrogen-bond donors (Lipinski definition) is 2. The third kappa shape index (κ3) is 6.65. The highest BCUT2D eigenvalue weighted by Crippen LogP contribution is 2.26. The van der Waals surface area contributed by atoms with Crippen LogP contribution in [0.4, 0.5) is 8.78 Å². The van der Waals surface area contributed by atoms with Gasteiger partial charge in [-0.3, -0.25) is 14.3 Å². The summed E-state index contributed by atoms with van der Waals surface area (Å²) in [6, 6.07) is 5.19. The number of fused-ring (bicyclic) bond motifs is 1. The summed E-state index contributed by atoms with van der Waals surface area (Å²) in [5.74, 6) is -2.38. The number of aromatic nitrogens is 3. The summed E-state index contributed by atoms with van der Waals surface area (Å²) in [5.41, 5.74) is 2.14. The fraction of sp³-hybridized carbons (Fsp3) is 0.381. The van der Waals surface area contributed by atoms with E-state index in [9.17, 15) is 23.6 Å². The fourth-order valence-corrected chi connectivity index (χ4v) is 2.98. The van der Waals surface area contributed by atoms with E-state index in [1.54, 1.807) is 29.1 Å². The van der Waals surface area contributed by atoms with Crippen LogP contribution in [0.5, 0.6) is 0 Å². The molecule has 0 aromatic carbocycles. The van der Waals surface area contributed by atoms with Crippen LogP contribution in [0.15, 0.2) is 43.0 Å². The topological polar surface area (TPSA) is 91.5 Å². The lowest BCUT2D eigenvalue weighted by Crippen LogP contribution is -2.36. The molecule has 31 heavy (non-hydrogen) atoms. The highest BCUT2D eigenvalue weighted by Gasteiger charge is 2.32. The molecular formula is C21H27BF2N4O3. The Morgan fingerprint density at radius 2 is 1.81 bits per heavy atom. The zero-order valence-electron chi connectivity index (χ0n) is 17.9. The van der Waals surface area contributed by atoms with Gasteiger partial charge in [-0.2, -0.15) is 0 Å². The van der Waals surface area contributed by atoms with Crippen LogP contribution in [0.2, 0.25) is 0 Å². The Kier molecular flexibility index (Phi) is 8.79. The maximum absolute atomic E-state index is 12.4. The molecule has 0 saturated carbocycles. The van der Waals surface area contributed by atoms with Crippen molar-refractivity contribution in [3.63, 3.8) is 0 Å². The molecule has 0 amide bonds. The van der Waals surface area contributed by atoms with Crippen molar-refractivity contribution in [1.82, 2.24) is 19.4 Å². The van der Waals surface area contributed by atoms with Gasteiger partial charge in [0.15, 0.2) is 6.29 Å². The molecule has 1 saturated heterocycles. The van der Waals surface area contributed by atoms with Crippen molar-refractivity contribution in [3.8, 4) is 5.69 Å². The summed E-state index contributed by atoms with van der Waals surface area (Å²) in [4.78, 5) is 20.9. The van der Waals surface area contributed by atoms with E-state index in [1.165, 1.54) is 12.4 Å². The van der Waals surface area contributed by atoms with Crippen LogP contribution in [0, 0.1) is 0 Å². The van der Waals surface area contributed by atoms with Crippen molar-refractivity contribution < 1.29 is 23.6 Å². The molecular weight excluding hydrogens is 405 g/mol. The number of likely N-dealkylation sites (tertiary alicyclic amines) is 1. The lowest BCUT2D eigenvalue weighted by molar-refractivity contribution is -0.0504. The zero-order chi connectivity index (χ0) is 23.0. The summed E-state index contributed by atoms with van der Waals surface area (Å²) >= 11 is 0. The minimum Gasteiger partial charge on any atom is -0.423 e. The van der Waals surface area contributed by atoms with Gasteiger partial charge in [0.2, 0.25) is 0 Å². The minimum atomic E-state index is -2.38. The van der Waals surface area contributed by atoms with Crippen LogP contribution >= 0.6 is 0 Å². The van der Waals surface area contributed by atoms with E-state index in [1.807, 2.05) is 31.9 Å². The highest BCUT2D eigenvalue weighted by molar-refractivity contribution is 6.58. The van der Waals surface area contributed by atoms with Gasteiger partial charge in [-0.15, -0.1) is 0 Å². The number of piperidine rings is 1. The molecule has 2 N–H and O–H groups in total. The molecule has 0 unspecified atom stereocenters. The Bertz CT molecular complexity index is 988. The molecule has 1 fully saturated rings. The van der Waals surface area contributed by atoms with E-state index in [4.69, 9.17) is 0 Å². The van der Waals surface area contributed by atoms with Gasteiger partial charge in [-0.1, -0.05) is 13.8 Å². The van der Waals surface area contributed by atoms with Crippen LogP contribution in [0.25, 0.3) is 16.7 Å². The molecule has 166 valence electrons. The monoisotopic (exact) mass is 432 g/mol. The number of alkyl halides is 2. The average Bonchev–Trinajstić information content (AvgIpc) is 3.21. The quantitative estimate of drug-likeness (QED) is 0.488. The fourth-order valence-electron chi connectivity index (χ4n) is 2.98. The summed E-state index contributed by atoms with van der Waals surface area (Å²) in [7, 11) is 0.300. The van der Waals surface area contributed by atoms with Crippen LogP contribution in [0.3, 0.4) is 0 Å². The number of halogens is 2. The van der Waals surface area contributed by atoms with E-state index in [2.05, 4.69) is 9.97 Å². The van der Waals surface area contributed by atoms with Crippen LogP contribution in [-0.4, -0.2) is 68.9 Å². The molecule has 4 rings (SSSR count). The first-order valence-corrected chi connectivity index (χ1v) is 10.1. The smallest absolute Gasteiger partial charge is 0.423 e. The molecule has 1 aliphatic rings. The number of carbonyl (C=O) groups is 1. The Morgan fingerprint density at radius 1 is 1.13 bits per heavy atom. The Balaban J connectivity index is 0.000000261. The standard InChI is InChI=1S/C13H10BN3O3.C6H11F2N.C2H6/c18-8-9-3-10-1-2-17(13(10)16-5-9)12-4-11(14(19)20)6-15-7-12;1-9-4-2-6(7,8)3-5-9;1-2/h1-8,19-20H;2-5H2,1H3;1-2H3. The van der Waals surface area contributed by atoms with Gasteiger partial charge in [0.1, 0.15) is 5.65 Å². The van der Waals surface area contributed by atoms with Crippen molar-refractivity contribution >= 4 is 29.9 Å². The SMILES string of the molecule is CC.CN1CCC(F)(F)CC1.O=Cc1cnc2c(ccn2-c2cncc(B(O)O)c2)c1. The molecule has 7 nitrogen and oxygen atoms in total. The average molecular weight is 432 g/mol. The van der Waals surface area contributed by atoms with E-state index < -0.39 is 13.0 Å². The first-order valence-electron chi connectivity index (χ1n) is 10.1. The number of hydrogen-bond acceptors (Lipinski definition) is 6. The van der Waals surface area contributed by atoms with Crippen molar-refractivity contribution in [1.29, 1.82) is 0 Å². The molecule has 0 spiro atoms. The Hall–Kier alpha value is -2.69. The largest absolute Gasteiger partial charge is 0.490 e. The van der Waals surface area contributed by atoms with E-state index in [-0.39, 0.29) is 12.8 Å². The predicted octanol–water partition coefficient (Wildman–Crippen LogP) is 2.29. The van der Waals surface area contributed by atoms with Crippen LogP contribution < -0.4 is 5.46 Å². The highest BCUT2D eigenvalue weighted by atomic mass is 19.3. The lowest BCUT2D eigenvalue weighted by Gasteiger charge is -2.28. The Labute approximate surface area is 180 Å². The van der Waals surface area contributed by atoms with Gasteiger partial charge in [-0.05, 0) is 25.2 Å². The van der Waals surface area contributed by atoms with Crippen LogP contribution in [-0.2, 0) is 0 Å². The molecule has 10 heteroatoms. The van der Waals surface area contributed by atoms with Crippen molar-refractivity contribution in [2.24, 2.45) is 0 Å². The molecule has 3 aromatic heterocycles. The predicted molar refractivity (Wildman–Crippen MR) is 117 cm³/mol. The molecule has 0 bridgehead atoms. The van der Waals surface area contributed by atoms with Gasteiger partial charge in [-0.25, -0.2) is 13.8 Å². The second-order valence-corrected chi connectivity index (χ2v) is 6.99. The zero-order valence-corrected chi connectivity index (χ0v) is 17.9. The van der Waals surface area contributed by atoms with Crippen molar-refractivity contribution in [2.75, 3.05) is 20.1 Å². The van der Waals surface area contributed by atoms with Crippen LogP contribution in [0.1, 0.15) is 37.0 Å². The molecule has 4 heterocycles. The normalized spacial score (nSPS) is 15.3. The number of rotatable bonds is 3. The maximum atomic E-state index is 12.4. The lowest BCUT2D eigenvalue weighted by atomic mass is 9.81. The number of aldehydes is 1. The van der Waals surface area contributed by atoms with Gasteiger partial charge in [0.25, 0.3) is 5.92 Å². The third-order valence-corrected chi connectivity index (χ3v) is 4.72. The van der Waals surface area contributed by atoms with Crippen molar-refractivity contribution in [2.45, 2.75) is 32.6 Å². The maximum Gasteiger partial charge on any atom is 0.490 e. The number of carbonyl (C=O) groups excluding carboxylic acids is 1. The van der Waals surface area contributed by atoms with Gasteiger partial charge in [0, 0.05) is 60.9 Å². The molecule has 3 aromatic rings. The van der Waals surface area contributed by atoms with E-state index in [0.29, 0.717) is 35.5 Å². The molecule has 1 aliphatic heterocycles. The summed E-state index contributed by atoms with van der Waals surface area (Å²) in [5, 5.41) is 19.2. The molecule has 0 radical (unpaired) electrons. The first-order chi connectivity index (χ1) is 14.8. The van der Waals surface area contributed by atoms with Gasteiger partial charge < -0.3 is 14.9 Å². The third-order valence-electron chi connectivity index (χ3n) is 4.72. The van der Waals surface area contributed by atoms with E-state index >= 15 is 0 Å².